The van der Waals surface area contributed by atoms with E-state index in [0.29, 0.717) is 24.7 Å². The zero-order valence-electron chi connectivity index (χ0n) is 16.4. The van der Waals surface area contributed by atoms with Crippen LogP contribution >= 0.6 is 0 Å². The highest BCUT2D eigenvalue weighted by atomic mass is 32.2. The molecular weight excluding hydrogens is 382 g/mol. The summed E-state index contributed by atoms with van der Waals surface area (Å²) < 4.78 is 38.1. The Labute approximate surface area is 165 Å². The molecular formula is C19H29N3O5S. The molecule has 9 heteroatoms. The summed E-state index contributed by atoms with van der Waals surface area (Å²) in [5.74, 6) is 0.244. The second kappa shape index (κ2) is 9.11. The van der Waals surface area contributed by atoms with Crippen molar-refractivity contribution in [2.75, 3.05) is 31.3 Å². The number of sulfonamides is 1. The fourth-order valence-electron chi connectivity index (χ4n) is 3.65. The number of nitrogens with one attached hydrogen (secondary N) is 2. The van der Waals surface area contributed by atoms with Gasteiger partial charge in [-0.2, -0.15) is 0 Å². The molecule has 1 aliphatic rings. The first-order valence-corrected chi connectivity index (χ1v) is 11.4. The Morgan fingerprint density at radius 3 is 2.68 bits per heavy atom. The average molecular weight is 412 g/mol. The van der Waals surface area contributed by atoms with Crippen LogP contribution in [-0.4, -0.2) is 45.0 Å². The Hall–Kier alpha value is -1.84. The number of hydrogen-bond acceptors (Lipinski definition) is 6. The molecule has 1 aliphatic carbocycles. The van der Waals surface area contributed by atoms with Crippen molar-refractivity contribution in [2.24, 2.45) is 5.92 Å². The lowest BCUT2D eigenvalue weighted by molar-refractivity contribution is 0.186. The number of aromatic nitrogens is 1. The van der Waals surface area contributed by atoms with Crippen LogP contribution in [0.2, 0.25) is 0 Å². The highest BCUT2D eigenvalue weighted by Crippen LogP contribution is 2.26. The Balaban J connectivity index is 1.54. The fourth-order valence-corrected chi connectivity index (χ4v) is 4.56. The van der Waals surface area contributed by atoms with Crippen molar-refractivity contribution >= 4 is 26.8 Å². The van der Waals surface area contributed by atoms with Gasteiger partial charge in [-0.25, -0.2) is 17.9 Å². The molecule has 0 radical (unpaired) electrons. The van der Waals surface area contributed by atoms with E-state index in [9.17, 15) is 13.2 Å². The molecule has 0 atom stereocenters. The number of methoxy groups -OCH3 is 1. The number of rotatable bonds is 9. The van der Waals surface area contributed by atoms with Gasteiger partial charge in [-0.05, 0) is 50.7 Å². The molecule has 3 rings (SSSR count). The molecule has 0 amide bonds. The summed E-state index contributed by atoms with van der Waals surface area (Å²) in [5.41, 5.74) is 2.23. The number of anilines is 1. The lowest BCUT2D eigenvalue weighted by Gasteiger charge is -2.29. The van der Waals surface area contributed by atoms with Crippen LogP contribution in [-0.2, 0) is 21.3 Å². The van der Waals surface area contributed by atoms with E-state index in [0.717, 1.165) is 43.4 Å². The summed E-state index contributed by atoms with van der Waals surface area (Å²) >= 11 is 0. The van der Waals surface area contributed by atoms with Gasteiger partial charge < -0.3 is 14.5 Å². The smallest absolute Gasteiger partial charge is 0.408 e. The topological polar surface area (TPSA) is 103 Å². The highest BCUT2D eigenvalue weighted by Gasteiger charge is 2.24. The largest absolute Gasteiger partial charge is 0.420 e. The third kappa shape index (κ3) is 5.15. The third-order valence-electron chi connectivity index (χ3n) is 5.36. The van der Waals surface area contributed by atoms with E-state index >= 15 is 0 Å². The van der Waals surface area contributed by atoms with Crippen LogP contribution in [0.5, 0.6) is 0 Å². The van der Waals surface area contributed by atoms with Gasteiger partial charge in [0.25, 0.3) is 0 Å². The van der Waals surface area contributed by atoms with Gasteiger partial charge in [0.05, 0.1) is 24.4 Å². The molecule has 156 valence electrons. The van der Waals surface area contributed by atoms with Gasteiger partial charge in [-0.3, -0.25) is 4.57 Å². The van der Waals surface area contributed by atoms with E-state index < -0.39 is 10.0 Å². The standard InChI is InChI=1S/C19H29N3O5S/c1-3-28(24,25)21-15-6-4-14(5-7-15)13-20-16-8-9-17-18(12-16)27-19(23)22(17)10-11-26-2/h8-9,12,14-15,20-21H,3-7,10-11,13H2,1-2H3. The van der Waals surface area contributed by atoms with Crippen molar-refractivity contribution in [3.63, 3.8) is 0 Å². The van der Waals surface area contributed by atoms with Gasteiger partial charge in [0.1, 0.15) is 0 Å². The average Bonchev–Trinajstić information content (AvgIpc) is 2.99. The fraction of sp³-hybridized carbons (Fsp3) is 0.632. The molecule has 1 aromatic carbocycles. The normalized spacial score (nSPS) is 20.5. The van der Waals surface area contributed by atoms with Gasteiger partial charge >= 0.3 is 5.76 Å². The SMILES string of the molecule is CCS(=O)(=O)NC1CCC(CNc2ccc3c(c2)oc(=O)n3CCOC)CC1. The molecule has 1 saturated carbocycles. The summed E-state index contributed by atoms with van der Waals surface area (Å²) in [4.78, 5) is 12.0. The zero-order valence-corrected chi connectivity index (χ0v) is 17.3. The van der Waals surface area contributed by atoms with Gasteiger partial charge in [0.2, 0.25) is 10.0 Å². The molecule has 0 unspecified atom stereocenters. The van der Waals surface area contributed by atoms with Crippen LogP contribution in [0.1, 0.15) is 32.6 Å². The summed E-state index contributed by atoms with van der Waals surface area (Å²) in [7, 11) is -1.53. The second-order valence-electron chi connectivity index (χ2n) is 7.31. The number of ether oxygens (including phenoxy) is 1. The molecule has 28 heavy (non-hydrogen) atoms. The number of fused-ring (bicyclic) bond motifs is 1. The van der Waals surface area contributed by atoms with E-state index in [-0.39, 0.29) is 17.6 Å². The van der Waals surface area contributed by atoms with Gasteiger partial charge in [-0.1, -0.05) is 0 Å². The molecule has 0 bridgehead atoms. The van der Waals surface area contributed by atoms with Gasteiger partial charge in [0.15, 0.2) is 5.58 Å². The van der Waals surface area contributed by atoms with Crippen LogP contribution in [0.25, 0.3) is 11.1 Å². The van der Waals surface area contributed by atoms with Crippen LogP contribution < -0.4 is 15.8 Å². The summed E-state index contributed by atoms with van der Waals surface area (Å²) in [6.07, 6.45) is 3.69. The maximum atomic E-state index is 12.0. The Morgan fingerprint density at radius 1 is 1.25 bits per heavy atom. The van der Waals surface area contributed by atoms with E-state index in [1.807, 2.05) is 18.2 Å². The molecule has 0 spiro atoms. The zero-order chi connectivity index (χ0) is 20.1. The van der Waals surface area contributed by atoms with Crippen molar-refractivity contribution < 1.29 is 17.6 Å². The van der Waals surface area contributed by atoms with Crippen molar-refractivity contribution in [2.45, 2.75) is 45.2 Å². The summed E-state index contributed by atoms with van der Waals surface area (Å²) in [6.45, 7) is 3.38. The maximum Gasteiger partial charge on any atom is 0.420 e. The predicted molar refractivity (Wildman–Crippen MR) is 109 cm³/mol. The van der Waals surface area contributed by atoms with Crippen LogP contribution in [0, 0.1) is 5.92 Å². The molecule has 8 nitrogen and oxygen atoms in total. The minimum Gasteiger partial charge on any atom is -0.408 e. The quantitative estimate of drug-likeness (QED) is 0.655. The van der Waals surface area contributed by atoms with Crippen molar-refractivity contribution in [1.82, 2.24) is 9.29 Å². The van der Waals surface area contributed by atoms with Gasteiger partial charge in [0, 0.05) is 31.5 Å². The van der Waals surface area contributed by atoms with Gasteiger partial charge in [-0.15, -0.1) is 0 Å². The van der Waals surface area contributed by atoms with E-state index in [1.165, 1.54) is 0 Å². The first-order valence-electron chi connectivity index (χ1n) is 9.78. The van der Waals surface area contributed by atoms with E-state index in [4.69, 9.17) is 9.15 Å². The third-order valence-corrected chi connectivity index (χ3v) is 6.81. The molecule has 2 N–H and O–H groups in total. The predicted octanol–water partition coefficient (Wildman–Crippen LogP) is 2.15. The Kier molecular flexibility index (Phi) is 6.79. The lowest BCUT2D eigenvalue weighted by Crippen LogP contribution is -2.39. The highest BCUT2D eigenvalue weighted by molar-refractivity contribution is 7.89. The first-order chi connectivity index (χ1) is 13.4. The molecule has 1 heterocycles. The minimum atomic E-state index is -3.13. The van der Waals surface area contributed by atoms with E-state index in [2.05, 4.69) is 10.0 Å². The monoisotopic (exact) mass is 411 g/mol. The van der Waals surface area contributed by atoms with E-state index in [1.54, 1.807) is 18.6 Å². The first kappa shape index (κ1) is 20.9. The number of hydrogen-bond donors (Lipinski definition) is 2. The van der Waals surface area contributed by atoms with Crippen LogP contribution in [0.4, 0.5) is 5.69 Å². The maximum absolute atomic E-state index is 12.0. The summed E-state index contributed by atoms with van der Waals surface area (Å²) in [5, 5.41) is 3.42. The summed E-state index contributed by atoms with van der Waals surface area (Å²) in [6, 6.07) is 5.73. The van der Waals surface area contributed by atoms with Crippen LogP contribution in [0.15, 0.2) is 27.4 Å². The minimum absolute atomic E-state index is 0.0543. The molecule has 2 aromatic rings. The molecule has 0 aliphatic heterocycles. The van der Waals surface area contributed by atoms with Crippen LogP contribution in [0.3, 0.4) is 0 Å². The molecule has 0 saturated heterocycles. The van der Waals surface area contributed by atoms with Crippen molar-refractivity contribution in [3.05, 3.63) is 28.7 Å². The molecule has 1 fully saturated rings. The Bertz CT molecular complexity index is 942. The van der Waals surface area contributed by atoms with Crippen molar-refractivity contribution in [1.29, 1.82) is 0 Å². The lowest BCUT2D eigenvalue weighted by atomic mass is 9.86. The Morgan fingerprint density at radius 2 is 2.00 bits per heavy atom. The molecule has 1 aromatic heterocycles. The van der Waals surface area contributed by atoms with Crippen molar-refractivity contribution in [3.8, 4) is 0 Å². The second-order valence-corrected chi connectivity index (χ2v) is 9.36. The number of nitrogens with zero attached hydrogens (tertiary/aromatic N) is 1. The number of benzene rings is 1. The number of oxazole rings is 1.